The van der Waals surface area contributed by atoms with Gasteiger partial charge >= 0.3 is 5.97 Å². The first-order valence-electron chi connectivity index (χ1n) is 7.48. The first-order valence-corrected chi connectivity index (χ1v) is 7.48. The van der Waals surface area contributed by atoms with Gasteiger partial charge in [0.1, 0.15) is 0 Å². The maximum Gasteiger partial charge on any atom is 0.304 e. The zero-order valence-corrected chi connectivity index (χ0v) is 12.4. The number of carboxylic acids is 1. The zero-order chi connectivity index (χ0) is 15.3. The van der Waals surface area contributed by atoms with Crippen molar-refractivity contribution in [1.82, 2.24) is 4.57 Å². The van der Waals surface area contributed by atoms with E-state index in [1.54, 1.807) is 0 Å². The van der Waals surface area contributed by atoms with Gasteiger partial charge in [-0.15, -0.1) is 0 Å². The Morgan fingerprint density at radius 3 is 2.73 bits per heavy atom. The molecule has 0 fully saturated rings. The van der Waals surface area contributed by atoms with Crippen LogP contribution in [0.15, 0.2) is 54.6 Å². The van der Waals surface area contributed by atoms with Gasteiger partial charge in [-0.3, -0.25) is 4.79 Å². The quantitative estimate of drug-likeness (QED) is 0.774. The van der Waals surface area contributed by atoms with E-state index in [0.29, 0.717) is 6.54 Å². The number of aliphatic carboxylic acids is 1. The van der Waals surface area contributed by atoms with Gasteiger partial charge in [-0.2, -0.15) is 0 Å². The first-order chi connectivity index (χ1) is 10.6. The number of benzene rings is 2. The van der Waals surface area contributed by atoms with Crippen molar-refractivity contribution >= 4 is 16.9 Å². The molecule has 3 aromatic rings. The van der Waals surface area contributed by atoms with E-state index in [0.717, 1.165) is 11.1 Å². The zero-order valence-electron chi connectivity index (χ0n) is 12.4. The van der Waals surface area contributed by atoms with E-state index < -0.39 is 11.4 Å². The van der Waals surface area contributed by atoms with Gasteiger partial charge in [0.15, 0.2) is 0 Å². The molecule has 0 amide bonds. The van der Waals surface area contributed by atoms with Gasteiger partial charge in [-0.1, -0.05) is 49.4 Å². The van der Waals surface area contributed by atoms with Gasteiger partial charge in [0.2, 0.25) is 0 Å². The molecule has 1 atom stereocenters. The van der Waals surface area contributed by atoms with E-state index in [1.807, 2.05) is 24.3 Å². The summed E-state index contributed by atoms with van der Waals surface area (Å²) in [6.45, 7) is 2.75. The van der Waals surface area contributed by atoms with Gasteiger partial charge in [-0.25, -0.2) is 0 Å². The van der Waals surface area contributed by atoms with Crippen LogP contribution < -0.4 is 0 Å². The fraction of sp³-hybridized carbons (Fsp3) is 0.211. The van der Waals surface area contributed by atoms with Crippen molar-refractivity contribution in [2.45, 2.75) is 25.3 Å². The lowest BCUT2D eigenvalue weighted by atomic mass is 9.74. The van der Waals surface area contributed by atoms with E-state index in [1.165, 1.54) is 16.6 Å². The molecule has 1 N–H and O–H groups in total. The van der Waals surface area contributed by atoms with Crippen LogP contribution in [0.1, 0.15) is 18.9 Å². The summed E-state index contributed by atoms with van der Waals surface area (Å²) in [4.78, 5) is 11.4. The van der Waals surface area contributed by atoms with Gasteiger partial charge < -0.3 is 9.67 Å². The van der Waals surface area contributed by atoms with Crippen molar-refractivity contribution in [1.29, 1.82) is 0 Å². The standard InChI is InChI=1S/C19H17NO2/c1-19(11-18(21)22)12-20-16-9-5-2-6-13(16)10-17(20)14-7-3-4-8-15(14)19/h2-10H,11-12H2,1H3,(H,21,22). The minimum atomic E-state index is -0.753. The number of nitrogens with zero attached hydrogens (tertiary/aromatic N) is 1. The lowest BCUT2D eigenvalue weighted by Gasteiger charge is -2.36. The molecule has 0 saturated heterocycles. The minimum absolute atomic E-state index is 0.135. The Morgan fingerprint density at radius 1 is 1.18 bits per heavy atom. The molecule has 0 spiro atoms. The van der Waals surface area contributed by atoms with Crippen LogP contribution in [-0.2, 0) is 16.8 Å². The Bertz CT molecular complexity index is 893. The number of fused-ring (bicyclic) bond motifs is 5. The molecule has 4 rings (SSSR count). The average Bonchev–Trinajstić information content (AvgIpc) is 2.85. The molecular formula is C19H17NO2. The molecule has 1 unspecified atom stereocenters. The summed E-state index contributed by atoms with van der Waals surface area (Å²) in [6, 6.07) is 18.7. The highest BCUT2D eigenvalue weighted by Gasteiger charge is 2.37. The van der Waals surface area contributed by atoms with Crippen LogP contribution in [0.4, 0.5) is 0 Å². The molecule has 110 valence electrons. The lowest BCUT2D eigenvalue weighted by Crippen LogP contribution is -2.34. The highest BCUT2D eigenvalue weighted by Crippen LogP contribution is 2.44. The normalized spacial score (nSPS) is 19.7. The van der Waals surface area contributed by atoms with Crippen LogP contribution in [0.25, 0.3) is 22.2 Å². The SMILES string of the molecule is CC1(CC(=O)O)Cn2c(cc3ccccc32)-c2ccccc21. The summed E-state index contributed by atoms with van der Waals surface area (Å²) < 4.78 is 2.26. The molecule has 2 aromatic carbocycles. The monoisotopic (exact) mass is 291 g/mol. The van der Waals surface area contributed by atoms with Crippen molar-refractivity contribution in [3.05, 3.63) is 60.2 Å². The van der Waals surface area contributed by atoms with Crippen molar-refractivity contribution in [2.75, 3.05) is 0 Å². The first kappa shape index (κ1) is 13.1. The smallest absolute Gasteiger partial charge is 0.304 e. The summed E-state index contributed by atoms with van der Waals surface area (Å²) >= 11 is 0. The van der Waals surface area contributed by atoms with Crippen LogP contribution >= 0.6 is 0 Å². The second-order valence-electron chi connectivity index (χ2n) is 6.35. The molecule has 0 radical (unpaired) electrons. The van der Waals surface area contributed by atoms with Gasteiger partial charge in [-0.05, 0) is 17.7 Å². The van der Waals surface area contributed by atoms with Gasteiger partial charge in [0.05, 0.1) is 6.42 Å². The molecule has 3 nitrogen and oxygen atoms in total. The van der Waals surface area contributed by atoms with E-state index in [4.69, 9.17) is 0 Å². The average molecular weight is 291 g/mol. The number of para-hydroxylation sites is 1. The number of carbonyl (C=O) groups is 1. The second kappa shape index (κ2) is 4.47. The number of rotatable bonds is 2. The van der Waals surface area contributed by atoms with Gasteiger partial charge in [0.25, 0.3) is 0 Å². The topological polar surface area (TPSA) is 42.2 Å². The Kier molecular flexibility index (Phi) is 2.67. The second-order valence-corrected chi connectivity index (χ2v) is 6.35. The summed E-state index contributed by atoms with van der Waals surface area (Å²) in [5, 5.41) is 10.6. The number of carboxylic acid groups (broad SMARTS) is 1. The number of aromatic nitrogens is 1. The van der Waals surface area contributed by atoms with Crippen molar-refractivity contribution in [3.63, 3.8) is 0 Å². The predicted molar refractivity (Wildman–Crippen MR) is 87.0 cm³/mol. The van der Waals surface area contributed by atoms with E-state index in [9.17, 15) is 9.90 Å². The number of hydrogen-bond acceptors (Lipinski definition) is 1. The maximum absolute atomic E-state index is 11.4. The van der Waals surface area contributed by atoms with Crippen LogP contribution in [0.5, 0.6) is 0 Å². The Balaban J connectivity index is 2.02. The highest BCUT2D eigenvalue weighted by atomic mass is 16.4. The van der Waals surface area contributed by atoms with Crippen LogP contribution in [0.3, 0.4) is 0 Å². The third kappa shape index (κ3) is 1.78. The summed E-state index contributed by atoms with van der Waals surface area (Å²) in [5.74, 6) is -0.753. The largest absolute Gasteiger partial charge is 0.481 e. The maximum atomic E-state index is 11.4. The Morgan fingerprint density at radius 2 is 1.91 bits per heavy atom. The molecule has 0 bridgehead atoms. The Hall–Kier alpha value is -2.55. The van der Waals surface area contributed by atoms with Gasteiger partial charge in [0, 0.05) is 34.1 Å². The minimum Gasteiger partial charge on any atom is -0.481 e. The van der Waals surface area contributed by atoms with E-state index in [2.05, 4.69) is 41.8 Å². The van der Waals surface area contributed by atoms with Crippen LogP contribution in [0.2, 0.25) is 0 Å². The molecule has 0 saturated carbocycles. The molecule has 3 heteroatoms. The third-order valence-corrected chi connectivity index (χ3v) is 4.71. The Labute approximate surface area is 128 Å². The lowest BCUT2D eigenvalue weighted by molar-refractivity contribution is -0.138. The van der Waals surface area contributed by atoms with E-state index in [-0.39, 0.29) is 6.42 Å². The molecule has 1 aliphatic rings. The molecule has 0 aliphatic carbocycles. The summed E-state index contributed by atoms with van der Waals surface area (Å²) in [6.07, 6.45) is 0.135. The highest BCUT2D eigenvalue weighted by molar-refractivity contribution is 5.89. The van der Waals surface area contributed by atoms with Crippen LogP contribution in [-0.4, -0.2) is 15.6 Å². The third-order valence-electron chi connectivity index (χ3n) is 4.71. The fourth-order valence-corrected chi connectivity index (χ4v) is 3.76. The summed E-state index contributed by atoms with van der Waals surface area (Å²) in [7, 11) is 0. The fourth-order valence-electron chi connectivity index (χ4n) is 3.76. The van der Waals surface area contributed by atoms with Crippen LogP contribution in [0, 0.1) is 0 Å². The van der Waals surface area contributed by atoms with Crippen molar-refractivity contribution in [2.24, 2.45) is 0 Å². The van der Waals surface area contributed by atoms with Crippen molar-refractivity contribution < 1.29 is 9.90 Å². The molecular weight excluding hydrogens is 274 g/mol. The van der Waals surface area contributed by atoms with Crippen molar-refractivity contribution in [3.8, 4) is 11.3 Å². The molecule has 1 aliphatic heterocycles. The molecule has 2 heterocycles. The predicted octanol–water partition coefficient (Wildman–Crippen LogP) is 4.05. The number of hydrogen-bond donors (Lipinski definition) is 1. The van der Waals surface area contributed by atoms with E-state index >= 15 is 0 Å². The molecule has 22 heavy (non-hydrogen) atoms. The molecule has 1 aromatic heterocycles. The summed E-state index contributed by atoms with van der Waals surface area (Å²) in [5.41, 5.74) is 4.24.